The number of hydrogen-bond acceptors (Lipinski definition) is 1. The Morgan fingerprint density at radius 2 is 2.12 bits per heavy atom. The van der Waals surface area contributed by atoms with Crippen LogP contribution in [0, 0.1) is 0 Å². The average molecular weight is 244 g/mol. The topological polar surface area (TPSA) is 9.23 Å². The van der Waals surface area contributed by atoms with Crippen molar-refractivity contribution >= 4 is 0 Å². The summed E-state index contributed by atoms with van der Waals surface area (Å²) in [5.41, 5.74) is 1.85. The molecular weight excluding hydrogens is 229 g/mol. The van der Waals surface area contributed by atoms with Crippen LogP contribution in [0.3, 0.4) is 0 Å². The fourth-order valence-electron chi connectivity index (χ4n) is 2.49. The number of benzene rings is 1. The van der Waals surface area contributed by atoms with E-state index in [1.807, 2.05) is 12.1 Å². The van der Waals surface area contributed by atoms with Gasteiger partial charge in [-0.15, -0.1) is 0 Å². The van der Waals surface area contributed by atoms with Gasteiger partial charge in [-0.05, 0) is 48.4 Å². The minimum atomic E-state index is -4.09. The monoisotopic (exact) mass is 244 g/mol. The normalized spacial score (nSPS) is 19.9. The van der Waals surface area contributed by atoms with Gasteiger partial charge in [0.15, 0.2) is 0 Å². The molecule has 0 amide bonds. The second-order valence-electron chi connectivity index (χ2n) is 4.47. The van der Waals surface area contributed by atoms with Crippen LogP contribution in [-0.2, 0) is 6.42 Å². The van der Waals surface area contributed by atoms with Crippen molar-refractivity contribution in [2.45, 2.75) is 37.8 Å². The molecule has 0 spiro atoms. The Kier molecular flexibility index (Phi) is 3.31. The second-order valence-corrected chi connectivity index (χ2v) is 4.47. The van der Waals surface area contributed by atoms with E-state index in [1.165, 1.54) is 7.11 Å². The molecule has 0 saturated heterocycles. The fourth-order valence-corrected chi connectivity index (χ4v) is 2.49. The van der Waals surface area contributed by atoms with Gasteiger partial charge in [-0.2, -0.15) is 13.2 Å². The van der Waals surface area contributed by atoms with E-state index in [1.54, 1.807) is 6.07 Å². The number of aryl methyl sites for hydroxylation is 1. The summed E-state index contributed by atoms with van der Waals surface area (Å²) >= 11 is 0. The van der Waals surface area contributed by atoms with Gasteiger partial charge in [0.1, 0.15) is 5.75 Å². The van der Waals surface area contributed by atoms with Gasteiger partial charge >= 0.3 is 6.18 Å². The van der Waals surface area contributed by atoms with Crippen molar-refractivity contribution in [1.29, 1.82) is 0 Å². The minimum Gasteiger partial charge on any atom is -0.497 e. The van der Waals surface area contributed by atoms with E-state index < -0.39 is 18.5 Å². The zero-order valence-electron chi connectivity index (χ0n) is 9.68. The van der Waals surface area contributed by atoms with Gasteiger partial charge in [-0.25, -0.2) is 0 Å². The molecule has 94 valence electrons. The lowest BCUT2D eigenvalue weighted by molar-refractivity contribution is -0.139. The number of halogens is 3. The second kappa shape index (κ2) is 4.59. The van der Waals surface area contributed by atoms with Crippen LogP contribution in [0.2, 0.25) is 0 Å². The van der Waals surface area contributed by atoms with E-state index in [9.17, 15) is 13.2 Å². The van der Waals surface area contributed by atoms with Crippen LogP contribution in [-0.4, -0.2) is 13.3 Å². The van der Waals surface area contributed by atoms with Crippen molar-refractivity contribution < 1.29 is 17.9 Å². The van der Waals surface area contributed by atoms with Crippen LogP contribution >= 0.6 is 0 Å². The molecule has 0 fully saturated rings. The summed E-state index contributed by atoms with van der Waals surface area (Å²) in [6.45, 7) is 0. The summed E-state index contributed by atoms with van der Waals surface area (Å²) in [7, 11) is 1.53. The van der Waals surface area contributed by atoms with Crippen LogP contribution in [0.25, 0.3) is 0 Å². The summed E-state index contributed by atoms with van der Waals surface area (Å²) in [6.07, 6.45) is -2.51. The molecule has 1 aromatic rings. The molecule has 0 aromatic heterocycles. The first-order chi connectivity index (χ1) is 7.99. The number of ether oxygens (including phenoxy) is 1. The third-order valence-corrected chi connectivity index (χ3v) is 3.27. The van der Waals surface area contributed by atoms with E-state index in [0.29, 0.717) is 12.2 Å². The predicted octanol–water partition coefficient (Wildman–Crippen LogP) is 4.07. The molecule has 0 radical (unpaired) electrons. The summed E-state index contributed by atoms with van der Waals surface area (Å²) in [5.74, 6) is 0.228. The van der Waals surface area contributed by atoms with Crippen LogP contribution in [0.15, 0.2) is 18.2 Å². The van der Waals surface area contributed by atoms with Gasteiger partial charge in [0, 0.05) is 0 Å². The first-order valence-electron chi connectivity index (χ1n) is 5.73. The number of methoxy groups -OCH3 is 1. The highest BCUT2D eigenvalue weighted by Crippen LogP contribution is 2.40. The summed E-state index contributed by atoms with van der Waals surface area (Å²) < 4.78 is 42.5. The molecule has 0 heterocycles. The number of fused-ring (bicyclic) bond motifs is 1. The molecule has 17 heavy (non-hydrogen) atoms. The third-order valence-electron chi connectivity index (χ3n) is 3.27. The molecule has 1 atom stereocenters. The first-order valence-corrected chi connectivity index (χ1v) is 5.73. The maximum atomic E-state index is 12.5. The Hall–Kier alpha value is -1.19. The molecule has 0 bridgehead atoms. The zero-order chi connectivity index (χ0) is 12.5. The molecular formula is C13H15F3O. The summed E-state index contributed by atoms with van der Waals surface area (Å²) in [4.78, 5) is 0. The molecule has 1 aliphatic carbocycles. The molecule has 0 aliphatic heterocycles. The highest BCUT2D eigenvalue weighted by molar-refractivity contribution is 5.39. The Morgan fingerprint density at radius 3 is 2.76 bits per heavy atom. The van der Waals surface area contributed by atoms with Crippen molar-refractivity contribution in [2.75, 3.05) is 7.11 Å². The highest BCUT2D eigenvalue weighted by atomic mass is 19.4. The quantitative estimate of drug-likeness (QED) is 0.762. The molecule has 0 N–H and O–H groups in total. The maximum absolute atomic E-state index is 12.5. The van der Waals surface area contributed by atoms with Crippen molar-refractivity contribution in [3.63, 3.8) is 0 Å². The highest BCUT2D eigenvalue weighted by Gasteiger charge is 2.34. The van der Waals surface area contributed by atoms with Gasteiger partial charge < -0.3 is 4.74 Å². The predicted molar refractivity (Wildman–Crippen MR) is 59.3 cm³/mol. The SMILES string of the molecule is COc1ccc2c(c1)[C@@H](CC(F)(F)F)CCC2. The largest absolute Gasteiger partial charge is 0.497 e. The Labute approximate surface area is 98.6 Å². The molecule has 0 unspecified atom stereocenters. The molecule has 1 aliphatic rings. The van der Waals surface area contributed by atoms with Crippen LogP contribution in [0.5, 0.6) is 5.75 Å². The molecule has 1 nitrogen and oxygen atoms in total. The lowest BCUT2D eigenvalue weighted by Crippen LogP contribution is -2.18. The van der Waals surface area contributed by atoms with Gasteiger partial charge in [-0.1, -0.05) is 6.07 Å². The number of hydrogen-bond donors (Lipinski definition) is 0. The van der Waals surface area contributed by atoms with Crippen molar-refractivity contribution in [3.05, 3.63) is 29.3 Å². The van der Waals surface area contributed by atoms with Crippen LogP contribution < -0.4 is 4.74 Å². The summed E-state index contributed by atoms with van der Waals surface area (Å²) in [5, 5.41) is 0. The van der Waals surface area contributed by atoms with E-state index >= 15 is 0 Å². The standard InChI is InChI=1S/C13H15F3O/c1-17-11-6-5-9-3-2-4-10(12(9)7-11)8-13(14,15)16/h5-7,10H,2-4,8H2,1H3/t10-/m1/s1. The Balaban J connectivity index is 2.29. The van der Waals surface area contributed by atoms with E-state index in [4.69, 9.17) is 4.74 Å². The van der Waals surface area contributed by atoms with E-state index in [-0.39, 0.29) is 0 Å². The van der Waals surface area contributed by atoms with Crippen LogP contribution in [0.4, 0.5) is 13.2 Å². The zero-order valence-corrected chi connectivity index (χ0v) is 9.68. The Bertz CT molecular complexity index is 398. The average Bonchev–Trinajstić information content (AvgIpc) is 2.27. The third kappa shape index (κ3) is 2.93. The van der Waals surface area contributed by atoms with Gasteiger partial charge in [0.25, 0.3) is 0 Å². The lowest BCUT2D eigenvalue weighted by atomic mass is 9.81. The van der Waals surface area contributed by atoms with Gasteiger partial charge in [-0.3, -0.25) is 0 Å². The van der Waals surface area contributed by atoms with Crippen molar-refractivity contribution in [2.24, 2.45) is 0 Å². The molecule has 0 saturated carbocycles. The van der Waals surface area contributed by atoms with E-state index in [2.05, 4.69) is 0 Å². The molecule has 1 aromatic carbocycles. The number of alkyl halides is 3. The van der Waals surface area contributed by atoms with Crippen LogP contribution in [0.1, 0.15) is 36.3 Å². The number of rotatable bonds is 2. The van der Waals surface area contributed by atoms with Crippen molar-refractivity contribution in [3.8, 4) is 5.75 Å². The smallest absolute Gasteiger partial charge is 0.389 e. The Morgan fingerprint density at radius 1 is 1.35 bits per heavy atom. The molecule has 4 heteroatoms. The first kappa shape index (κ1) is 12.3. The molecule has 2 rings (SSSR count). The summed E-state index contributed by atoms with van der Waals surface area (Å²) in [6, 6.07) is 5.45. The minimum absolute atomic E-state index is 0.408. The van der Waals surface area contributed by atoms with E-state index in [0.717, 1.165) is 24.0 Å². The fraction of sp³-hybridized carbons (Fsp3) is 0.538. The van der Waals surface area contributed by atoms with Crippen molar-refractivity contribution in [1.82, 2.24) is 0 Å². The lowest BCUT2D eigenvalue weighted by Gasteiger charge is -2.26. The van der Waals surface area contributed by atoms with Gasteiger partial charge in [0.2, 0.25) is 0 Å². The maximum Gasteiger partial charge on any atom is 0.389 e. The van der Waals surface area contributed by atoms with Gasteiger partial charge in [0.05, 0.1) is 13.5 Å².